The number of hydrogen-bond acceptors (Lipinski definition) is 9. The van der Waals surface area contributed by atoms with E-state index in [1.54, 1.807) is 27.3 Å². The molecular weight excluding hydrogens is 618 g/mol. The highest BCUT2D eigenvalue weighted by atomic mass is 19.4. The average Bonchev–Trinajstić information content (AvgIpc) is 3.34. The van der Waals surface area contributed by atoms with Gasteiger partial charge in [-0.1, -0.05) is 5.16 Å². The molecule has 0 bridgehead atoms. The zero-order valence-electron chi connectivity index (χ0n) is 25.1. The van der Waals surface area contributed by atoms with Gasteiger partial charge in [0.15, 0.2) is 16.9 Å². The number of methoxy groups -OCH3 is 1. The minimum absolute atomic E-state index is 0.0903. The van der Waals surface area contributed by atoms with E-state index in [1.165, 1.54) is 16.9 Å². The van der Waals surface area contributed by atoms with Gasteiger partial charge in [-0.05, 0) is 43.5 Å². The lowest BCUT2D eigenvalue weighted by Gasteiger charge is -2.27. The summed E-state index contributed by atoms with van der Waals surface area (Å²) in [5, 5.41) is 15.7. The van der Waals surface area contributed by atoms with Crippen LogP contribution in [0.1, 0.15) is 60.0 Å². The fourth-order valence-corrected chi connectivity index (χ4v) is 3.89. The number of aromatic nitrogens is 5. The molecule has 19 heteroatoms. The SMILES string of the molecule is CC(C)(OCCc1cn2ncc(CN3CC(C(F)(F)F)NC3=O)cc2n1)C(F)(F)F.CNC(=O)c1nonc1C1CC1.COC. The molecule has 1 saturated heterocycles. The largest absolute Gasteiger partial charge is 0.416 e. The van der Waals surface area contributed by atoms with Crippen molar-refractivity contribution in [3.05, 3.63) is 41.1 Å². The van der Waals surface area contributed by atoms with Gasteiger partial charge >= 0.3 is 18.4 Å². The number of ether oxygens (including phenoxy) is 2. The predicted molar refractivity (Wildman–Crippen MR) is 144 cm³/mol. The normalized spacial score (nSPS) is 16.9. The second-order valence-electron chi connectivity index (χ2n) is 10.7. The van der Waals surface area contributed by atoms with Gasteiger partial charge in [-0.25, -0.2) is 18.9 Å². The Bertz CT molecular complexity index is 1440. The molecule has 2 aliphatic rings. The summed E-state index contributed by atoms with van der Waals surface area (Å²) < 4.78 is 91.8. The van der Waals surface area contributed by atoms with Crippen LogP contribution < -0.4 is 10.6 Å². The standard InChI is InChI=1S/C17H19F6N5O2.C7H9N3O2.C2H6O/c1-15(2,17(21,22)23)30-4-3-11-8-28-13(25-11)5-10(6-24-28)7-27-9-12(16(18,19)20)26-14(27)29;1-8-7(11)6-5(4-2-3-4)9-12-10-6;1-3-2/h5-6,8,12H,3-4,7,9H2,1-2H3,(H,26,29);4H,2-3H2,1H3,(H,8,11);1-2H3. The number of alkyl halides is 6. The van der Waals surface area contributed by atoms with Gasteiger partial charge < -0.3 is 25.0 Å². The molecule has 3 amide bonds. The topological polar surface area (TPSA) is 149 Å². The monoisotopic (exact) mass is 652 g/mol. The zero-order valence-corrected chi connectivity index (χ0v) is 25.1. The molecule has 0 radical (unpaired) electrons. The Morgan fingerprint density at radius 2 is 1.82 bits per heavy atom. The van der Waals surface area contributed by atoms with Crippen LogP contribution in [0.4, 0.5) is 31.1 Å². The number of hydrogen-bond donors (Lipinski definition) is 2. The van der Waals surface area contributed by atoms with Gasteiger partial charge in [0.05, 0.1) is 31.2 Å². The van der Waals surface area contributed by atoms with E-state index in [2.05, 4.69) is 35.1 Å². The molecule has 1 saturated carbocycles. The van der Waals surface area contributed by atoms with Gasteiger partial charge in [0.1, 0.15) is 11.7 Å². The van der Waals surface area contributed by atoms with Crippen LogP contribution in [0.3, 0.4) is 0 Å². The summed E-state index contributed by atoms with van der Waals surface area (Å²) in [5.41, 5.74) is 0.00182. The van der Waals surface area contributed by atoms with Crippen LogP contribution in [0, 0.1) is 0 Å². The van der Waals surface area contributed by atoms with Gasteiger partial charge in [-0.15, -0.1) is 0 Å². The molecule has 13 nitrogen and oxygen atoms in total. The molecule has 0 spiro atoms. The van der Waals surface area contributed by atoms with Crippen LogP contribution in [-0.4, -0.2) is 100 Å². The summed E-state index contributed by atoms with van der Waals surface area (Å²) >= 11 is 0. The Hall–Kier alpha value is -4.00. The van der Waals surface area contributed by atoms with Crippen molar-refractivity contribution in [2.45, 2.75) is 69.6 Å². The highest BCUT2D eigenvalue weighted by molar-refractivity contribution is 5.93. The Morgan fingerprint density at radius 1 is 1.16 bits per heavy atom. The highest BCUT2D eigenvalue weighted by Gasteiger charge is 2.48. The molecule has 2 fully saturated rings. The first-order valence-corrected chi connectivity index (χ1v) is 13.6. The number of nitrogens with zero attached hydrogens (tertiary/aromatic N) is 6. The van der Waals surface area contributed by atoms with Crippen LogP contribution in [0.5, 0.6) is 0 Å². The summed E-state index contributed by atoms with van der Waals surface area (Å²) in [6.45, 7) is 1.05. The molecule has 0 aromatic carbocycles. The van der Waals surface area contributed by atoms with Gasteiger partial charge in [0, 0.05) is 40.2 Å². The van der Waals surface area contributed by atoms with Crippen molar-refractivity contribution in [1.82, 2.24) is 40.4 Å². The molecule has 5 rings (SSSR count). The Balaban J connectivity index is 0.000000303. The smallest absolute Gasteiger partial charge is 0.388 e. The van der Waals surface area contributed by atoms with Crippen molar-refractivity contribution in [3.63, 3.8) is 0 Å². The van der Waals surface area contributed by atoms with E-state index in [-0.39, 0.29) is 25.5 Å². The Morgan fingerprint density at radius 3 is 2.38 bits per heavy atom. The van der Waals surface area contributed by atoms with Crippen LogP contribution in [0.25, 0.3) is 5.65 Å². The number of halogens is 6. The molecule has 1 atom stereocenters. The summed E-state index contributed by atoms with van der Waals surface area (Å²) in [6.07, 6.45) is -3.86. The molecule has 1 unspecified atom stereocenters. The van der Waals surface area contributed by atoms with Crippen molar-refractivity contribution in [3.8, 4) is 0 Å². The fraction of sp³-hybridized carbons (Fsp3) is 0.615. The summed E-state index contributed by atoms with van der Waals surface area (Å²) in [7, 11) is 4.81. The number of carbonyl (C=O) groups excluding carboxylic acids is 2. The van der Waals surface area contributed by atoms with Gasteiger partial charge in [0.25, 0.3) is 5.91 Å². The highest BCUT2D eigenvalue weighted by Crippen LogP contribution is 2.40. The number of nitrogens with one attached hydrogen (secondary N) is 2. The van der Waals surface area contributed by atoms with Crippen molar-refractivity contribution in [2.24, 2.45) is 0 Å². The number of fused-ring (bicyclic) bond motifs is 1. The molecule has 3 aromatic heterocycles. The molecule has 1 aliphatic heterocycles. The fourth-order valence-electron chi connectivity index (χ4n) is 3.89. The Labute approximate surface area is 253 Å². The van der Waals surface area contributed by atoms with Gasteiger partial charge in [-0.3, -0.25) is 4.79 Å². The van der Waals surface area contributed by atoms with E-state index in [9.17, 15) is 35.9 Å². The van der Waals surface area contributed by atoms with Crippen LogP contribution >= 0.6 is 0 Å². The first kappa shape index (κ1) is 35.5. The maximum absolute atomic E-state index is 12.8. The molecule has 3 aromatic rings. The summed E-state index contributed by atoms with van der Waals surface area (Å²) in [6, 6.07) is -1.21. The lowest BCUT2D eigenvalue weighted by Crippen LogP contribution is -2.42. The average molecular weight is 653 g/mol. The van der Waals surface area contributed by atoms with Crippen LogP contribution in [0.2, 0.25) is 0 Å². The van der Waals surface area contributed by atoms with E-state index in [1.807, 2.05) is 5.32 Å². The number of urea groups is 1. The molecule has 45 heavy (non-hydrogen) atoms. The number of rotatable bonds is 8. The third kappa shape index (κ3) is 9.49. The third-order valence-electron chi connectivity index (χ3n) is 6.61. The van der Waals surface area contributed by atoms with Gasteiger partial charge in [-0.2, -0.15) is 31.4 Å². The summed E-state index contributed by atoms with van der Waals surface area (Å²) in [5.74, 6) is 0.168. The van der Waals surface area contributed by atoms with Crippen molar-refractivity contribution in [1.29, 1.82) is 0 Å². The maximum Gasteiger partial charge on any atom is 0.416 e. The molecule has 2 N–H and O–H groups in total. The van der Waals surface area contributed by atoms with Crippen molar-refractivity contribution < 1.29 is 50.0 Å². The number of amides is 3. The quantitative estimate of drug-likeness (QED) is 0.348. The van der Waals surface area contributed by atoms with E-state index >= 15 is 0 Å². The first-order chi connectivity index (χ1) is 21.0. The molecular formula is C26H34F6N8O5. The molecule has 250 valence electrons. The van der Waals surface area contributed by atoms with Gasteiger partial charge in [0.2, 0.25) is 0 Å². The summed E-state index contributed by atoms with van der Waals surface area (Å²) in [4.78, 5) is 28.2. The van der Waals surface area contributed by atoms with Crippen molar-refractivity contribution >= 4 is 17.6 Å². The maximum atomic E-state index is 12.8. The third-order valence-corrected chi connectivity index (χ3v) is 6.61. The first-order valence-electron chi connectivity index (χ1n) is 13.6. The van der Waals surface area contributed by atoms with Crippen molar-refractivity contribution in [2.75, 3.05) is 34.4 Å². The van der Waals surface area contributed by atoms with E-state index < -0.39 is 36.6 Å². The minimum atomic E-state index is -4.53. The Kier molecular flexibility index (Phi) is 11.4. The second kappa shape index (κ2) is 14.4. The van der Waals surface area contributed by atoms with E-state index in [0.29, 0.717) is 34.2 Å². The second-order valence-corrected chi connectivity index (χ2v) is 10.7. The minimum Gasteiger partial charge on any atom is -0.388 e. The lowest BCUT2D eigenvalue weighted by molar-refractivity contribution is -0.263. The predicted octanol–water partition coefficient (Wildman–Crippen LogP) is 3.65. The number of carbonyl (C=O) groups is 2. The van der Waals surface area contributed by atoms with Crippen LogP contribution in [-0.2, 0) is 22.4 Å². The zero-order chi connectivity index (χ0) is 33.6. The van der Waals surface area contributed by atoms with E-state index in [4.69, 9.17) is 4.74 Å². The van der Waals surface area contributed by atoms with Crippen LogP contribution in [0.15, 0.2) is 23.1 Å². The van der Waals surface area contributed by atoms with E-state index in [0.717, 1.165) is 31.6 Å². The molecule has 4 heterocycles. The number of imidazole rings is 1. The lowest BCUT2D eigenvalue weighted by atomic mass is 10.1. The molecule has 1 aliphatic carbocycles.